The van der Waals surface area contributed by atoms with Gasteiger partial charge < -0.3 is 16.6 Å². The van der Waals surface area contributed by atoms with Crippen LogP contribution >= 0.6 is 24.8 Å². The van der Waals surface area contributed by atoms with Gasteiger partial charge in [-0.1, -0.05) is 12.2 Å². The highest BCUT2D eigenvalue weighted by Gasteiger charge is 2.26. The summed E-state index contributed by atoms with van der Waals surface area (Å²) in [5, 5.41) is 8.38. The molecule has 6 heteroatoms. The number of carbonyl (C=O) groups is 1. The van der Waals surface area contributed by atoms with Crippen LogP contribution in [0.5, 0.6) is 0 Å². The number of allylic oxidation sites excluding steroid dienone is 1. The van der Waals surface area contributed by atoms with Gasteiger partial charge in [0.15, 0.2) is 5.66 Å². The Kier molecular flexibility index (Phi) is 10.9. The summed E-state index contributed by atoms with van der Waals surface area (Å²) in [6.07, 6.45) is 3.48. The lowest BCUT2D eigenvalue weighted by molar-refractivity contribution is -0.143. The number of carboxylic acids is 1. The molecule has 0 radical (unpaired) electrons. The average molecular weight is 217 g/mol. The van der Waals surface area contributed by atoms with Gasteiger partial charge in [0, 0.05) is 6.42 Å². The molecule has 0 aliphatic rings. The summed E-state index contributed by atoms with van der Waals surface area (Å²) < 4.78 is 0. The van der Waals surface area contributed by atoms with Crippen molar-refractivity contribution in [3.8, 4) is 0 Å². The SMILES string of the molecule is C/C=C/CC(N)(N)C(=O)O.Cl.Cl. The first-order valence-electron chi connectivity index (χ1n) is 2.93. The molecule has 0 aromatic rings. The molecule has 0 saturated heterocycles. The van der Waals surface area contributed by atoms with Crippen molar-refractivity contribution >= 4 is 30.8 Å². The maximum atomic E-state index is 10.2. The van der Waals surface area contributed by atoms with Gasteiger partial charge in [-0.25, -0.2) is 4.79 Å². The Morgan fingerprint density at radius 1 is 1.50 bits per heavy atom. The summed E-state index contributed by atoms with van der Waals surface area (Å²) >= 11 is 0. The Labute approximate surface area is 83.8 Å². The number of hydrogen-bond donors (Lipinski definition) is 3. The fourth-order valence-corrected chi connectivity index (χ4v) is 0.400. The minimum atomic E-state index is -1.62. The van der Waals surface area contributed by atoms with Gasteiger partial charge >= 0.3 is 5.97 Å². The van der Waals surface area contributed by atoms with E-state index in [1.807, 2.05) is 0 Å². The third-order valence-electron chi connectivity index (χ3n) is 1.09. The van der Waals surface area contributed by atoms with Gasteiger partial charge in [-0.15, -0.1) is 24.8 Å². The monoisotopic (exact) mass is 216 g/mol. The van der Waals surface area contributed by atoms with Crippen LogP contribution in [0.15, 0.2) is 12.2 Å². The van der Waals surface area contributed by atoms with Crippen molar-refractivity contribution in [2.75, 3.05) is 0 Å². The van der Waals surface area contributed by atoms with Gasteiger partial charge in [-0.05, 0) is 6.92 Å². The standard InChI is InChI=1S/C6H12N2O2.2ClH/c1-2-3-4-6(7,8)5(9)10;;/h2-3H,4,7-8H2,1H3,(H,9,10);2*1H/b3-2+;;. The van der Waals surface area contributed by atoms with Crippen molar-refractivity contribution in [1.29, 1.82) is 0 Å². The largest absolute Gasteiger partial charge is 0.479 e. The second kappa shape index (κ2) is 7.36. The zero-order valence-electron chi connectivity index (χ0n) is 6.69. The molecule has 0 aliphatic carbocycles. The Hall–Kier alpha value is -0.290. The molecule has 12 heavy (non-hydrogen) atoms. The van der Waals surface area contributed by atoms with E-state index in [1.165, 1.54) is 0 Å². The summed E-state index contributed by atoms with van der Waals surface area (Å²) in [7, 11) is 0. The second-order valence-electron chi connectivity index (χ2n) is 2.12. The molecule has 0 fully saturated rings. The zero-order valence-corrected chi connectivity index (χ0v) is 8.32. The maximum Gasteiger partial charge on any atom is 0.338 e. The summed E-state index contributed by atoms with van der Waals surface area (Å²) in [5.41, 5.74) is 8.73. The maximum absolute atomic E-state index is 10.2. The summed E-state index contributed by atoms with van der Waals surface area (Å²) in [6.45, 7) is 1.78. The van der Waals surface area contributed by atoms with Crippen molar-refractivity contribution < 1.29 is 9.90 Å². The molecule has 0 saturated carbocycles. The van der Waals surface area contributed by atoms with E-state index in [0.717, 1.165) is 0 Å². The predicted octanol–water partition coefficient (Wildman–Crippen LogP) is 0.495. The molecule has 0 heterocycles. The van der Waals surface area contributed by atoms with E-state index < -0.39 is 11.6 Å². The second-order valence-corrected chi connectivity index (χ2v) is 2.12. The summed E-state index contributed by atoms with van der Waals surface area (Å²) in [4.78, 5) is 10.2. The van der Waals surface area contributed by atoms with Gasteiger partial charge in [0.1, 0.15) is 0 Å². The van der Waals surface area contributed by atoms with Crippen LogP contribution < -0.4 is 11.5 Å². The fourth-order valence-electron chi connectivity index (χ4n) is 0.400. The molecular weight excluding hydrogens is 203 g/mol. The molecule has 0 aliphatic heterocycles. The topological polar surface area (TPSA) is 89.3 Å². The minimum absolute atomic E-state index is 0. The molecule has 0 atom stereocenters. The van der Waals surface area contributed by atoms with Crippen molar-refractivity contribution in [3.05, 3.63) is 12.2 Å². The highest BCUT2D eigenvalue weighted by molar-refractivity contribution is 5.85. The first kappa shape index (κ1) is 17.7. The van der Waals surface area contributed by atoms with E-state index in [9.17, 15) is 4.79 Å². The Bertz CT molecular complexity index is 160. The Balaban J connectivity index is -0.000000405. The van der Waals surface area contributed by atoms with Crippen LogP contribution in [0.25, 0.3) is 0 Å². The first-order valence-corrected chi connectivity index (χ1v) is 2.93. The average Bonchev–Trinajstić information content (AvgIpc) is 1.84. The smallest absolute Gasteiger partial charge is 0.338 e. The number of hydrogen-bond acceptors (Lipinski definition) is 3. The number of rotatable bonds is 3. The molecular formula is C6H14Cl2N2O2. The number of aliphatic carboxylic acids is 1. The summed E-state index contributed by atoms with van der Waals surface area (Å²) in [6, 6.07) is 0. The van der Waals surface area contributed by atoms with Crippen LogP contribution in [0.3, 0.4) is 0 Å². The van der Waals surface area contributed by atoms with Crippen molar-refractivity contribution in [2.24, 2.45) is 11.5 Å². The third kappa shape index (κ3) is 6.42. The van der Waals surface area contributed by atoms with E-state index in [-0.39, 0.29) is 31.2 Å². The lowest BCUT2D eigenvalue weighted by Gasteiger charge is -2.15. The highest BCUT2D eigenvalue weighted by atomic mass is 35.5. The van der Waals surface area contributed by atoms with Crippen LogP contribution in [-0.4, -0.2) is 16.7 Å². The first-order chi connectivity index (χ1) is 4.50. The van der Waals surface area contributed by atoms with Gasteiger partial charge in [0.2, 0.25) is 0 Å². The Morgan fingerprint density at radius 3 is 2.17 bits per heavy atom. The number of carboxylic acid groups (broad SMARTS) is 1. The van der Waals surface area contributed by atoms with Gasteiger partial charge in [0.05, 0.1) is 0 Å². The quantitative estimate of drug-likeness (QED) is 0.474. The minimum Gasteiger partial charge on any atom is -0.479 e. The lowest BCUT2D eigenvalue weighted by atomic mass is 10.1. The molecule has 5 N–H and O–H groups in total. The molecule has 0 rings (SSSR count). The zero-order chi connectivity index (χ0) is 8.20. The van der Waals surface area contributed by atoms with Gasteiger partial charge in [0.25, 0.3) is 0 Å². The Morgan fingerprint density at radius 2 is 1.92 bits per heavy atom. The van der Waals surface area contributed by atoms with Crippen molar-refractivity contribution in [3.63, 3.8) is 0 Å². The lowest BCUT2D eigenvalue weighted by Crippen LogP contribution is -2.55. The van der Waals surface area contributed by atoms with Crippen molar-refractivity contribution in [2.45, 2.75) is 19.0 Å². The predicted molar refractivity (Wildman–Crippen MR) is 52.7 cm³/mol. The van der Waals surface area contributed by atoms with Crippen LogP contribution in [0, 0.1) is 0 Å². The van der Waals surface area contributed by atoms with Crippen LogP contribution in [0.1, 0.15) is 13.3 Å². The molecule has 74 valence electrons. The van der Waals surface area contributed by atoms with E-state index in [0.29, 0.717) is 0 Å². The molecule has 0 spiro atoms. The third-order valence-corrected chi connectivity index (χ3v) is 1.09. The summed E-state index contributed by atoms with van der Waals surface area (Å²) in [5.74, 6) is -1.19. The van der Waals surface area contributed by atoms with Crippen molar-refractivity contribution in [1.82, 2.24) is 0 Å². The van der Waals surface area contributed by atoms with E-state index in [1.54, 1.807) is 19.1 Å². The van der Waals surface area contributed by atoms with Gasteiger partial charge in [-0.2, -0.15) is 0 Å². The molecule has 0 amide bonds. The number of nitrogens with two attached hydrogens (primary N) is 2. The molecule has 0 aromatic heterocycles. The highest BCUT2D eigenvalue weighted by Crippen LogP contribution is 1.98. The van der Waals surface area contributed by atoms with E-state index in [2.05, 4.69) is 0 Å². The number of halogens is 2. The molecule has 0 bridgehead atoms. The van der Waals surface area contributed by atoms with Gasteiger partial charge in [-0.3, -0.25) is 0 Å². The van der Waals surface area contributed by atoms with Crippen LogP contribution in [0.4, 0.5) is 0 Å². The van der Waals surface area contributed by atoms with E-state index in [4.69, 9.17) is 16.6 Å². The normalized spacial score (nSPS) is 10.2. The van der Waals surface area contributed by atoms with Crippen LogP contribution in [-0.2, 0) is 4.79 Å². The fraction of sp³-hybridized carbons (Fsp3) is 0.500. The molecule has 4 nitrogen and oxygen atoms in total. The van der Waals surface area contributed by atoms with E-state index >= 15 is 0 Å². The molecule has 0 unspecified atom stereocenters. The molecule has 0 aromatic carbocycles. The van der Waals surface area contributed by atoms with Crippen LogP contribution in [0.2, 0.25) is 0 Å².